The first kappa shape index (κ1) is 14.5. The van der Waals surface area contributed by atoms with E-state index in [4.69, 9.17) is 0 Å². The van der Waals surface area contributed by atoms with E-state index in [-0.39, 0.29) is 11.9 Å². The summed E-state index contributed by atoms with van der Waals surface area (Å²) in [6.07, 6.45) is 6.45. The molecule has 1 atom stereocenters. The number of aromatic nitrogens is 3. The van der Waals surface area contributed by atoms with E-state index in [1.165, 1.54) is 18.5 Å². The maximum absolute atomic E-state index is 12.7. The molecule has 0 bridgehead atoms. The normalized spacial score (nSPS) is 20.4. The highest BCUT2D eigenvalue weighted by molar-refractivity contribution is 5.96. The summed E-state index contributed by atoms with van der Waals surface area (Å²) in [5.41, 5.74) is 4.20. The summed E-state index contributed by atoms with van der Waals surface area (Å²) in [6.45, 7) is 7.01. The van der Waals surface area contributed by atoms with Gasteiger partial charge in [0, 0.05) is 42.6 Å². The summed E-state index contributed by atoms with van der Waals surface area (Å²) >= 11 is 0. The highest BCUT2D eigenvalue weighted by Crippen LogP contribution is 2.38. The van der Waals surface area contributed by atoms with Gasteiger partial charge in [-0.3, -0.25) is 4.79 Å². The van der Waals surface area contributed by atoms with E-state index >= 15 is 0 Å². The molecule has 1 amide bonds. The van der Waals surface area contributed by atoms with E-state index < -0.39 is 0 Å². The summed E-state index contributed by atoms with van der Waals surface area (Å²) in [6, 6.07) is 2.84. The van der Waals surface area contributed by atoms with Crippen LogP contribution in [0.3, 0.4) is 0 Å². The van der Waals surface area contributed by atoms with Gasteiger partial charge >= 0.3 is 0 Å². The molecule has 1 aliphatic heterocycles. The molecule has 1 saturated carbocycles. The molecule has 0 saturated heterocycles. The molecule has 2 aliphatic rings. The van der Waals surface area contributed by atoms with Gasteiger partial charge in [0.2, 0.25) is 0 Å². The molecule has 0 radical (unpaired) electrons. The Bertz CT molecular complexity index is 766. The van der Waals surface area contributed by atoms with Crippen LogP contribution in [0.5, 0.6) is 0 Å². The number of amides is 1. The molecule has 1 N–H and O–H groups in total. The van der Waals surface area contributed by atoms with Gasteiger partial charge in [-0.2, -0.15) is 0 Å². The number of carbonyl (C=O) groups is 1. The fourth-order valence-corrected chi connectivity index (χ4v) is 3.87. The molecular formula is C18H24N4O. The number of nitrogens with zero attached hydrogens (tertiary/aromatic N) is 3. The second kappa shape index (κ2) is 5.25. The molecule has 5 heteroatoms. The van der Waals surface area contributed by atoms with Crippen molar-refractivity contribution in [3.05, 3.63) is 40.7 Å². The molecule has 4 rings (SSSR count). The molecule has 122 valence electrons. The van der Waals surface area contributed by atoms with Crippen LogP contribution in [0, 0.1) is 20.8 Å². The Morgan fingerprint density at radius 1 is 1.26 bits per heavy atom. The molecule has 1 aliphatic carbocycles. The summed E-state index contributed by atoms with van der Waals surface area (Å²) in [7, 11) is 0. The first-order valence-electron chi connectivity index (χ1n) is 8.55. The van der Waals surface area contributed by atoms with Gasteiger partial charge in [0.25, 0.3) is 5.91 Å². The molecule has 2 aromatic heterocycles. The molecule has 23 heavy (non-hydrogen) atoms. The minimum absolute atomic E-state index is 0.0651. The van der Waals surface area contributed by atoms with Gasteiger partial charge in [0.15, 0.2) is 0 Å². The third kappa shape index (κ3) is 2.58. The van der Waals surface area contributed by atoms with Crippen molar-refractivity contribution in [3.63, 3.8) is 0 Å². The lowest BCUT2D eigenvalue weighted by Crippen LogP contribution is -2.41. The van der Waals surface area contributed by atoms with E-state index in [2.05, 4.69) is 39.5 Å². The Morgan fingerprint density at radius 2 is 2.04 bits per heavy atom. The first-order chi connectivity index (χ1) is 11.0. The van der Waals surface area contributed by atoms with E-state index in [0.717, 1.165) is 42.2 Å². The fourth-order valence-electron chi connectivity index (χ4n) is 3.87. The second-order valence-electron chi connectivity index (χ2n) is 7.05. The number of carbonyl (C=O) groups excluding carboxylic acids is 1. The van der Waals surface area contributed by atoms with Crippen LogP contribution in [-0.2, 0) is 13.0 Å². The van der Waals surface area contributed by atoms with E-state index in [1.54, 1.807) is 0 Å². The van der Waals surface area contributed by atoms with Crippen LogP contribution < -0.4 is 5.32 Å². The van der Waals surface area contributed by atoms with Gasteiger partial charge < -0.3 is 14.5 Å². The lowest BCUT2D eigenvalue weighted by Gasteiger charge is -2.24. The van der Waals surface area contributed by atoms with Gasteiger partial charge in [-0.15, -0.1) is 0 Å². The van der Waals surface area contributed by atoms with Crippen molar-refractivity contribution in [1.29, 1.82) is 0 Å². The van der Waals surface area contributed by atoms with Crippen LogP contribution in [-0.4, -0.2) is 26.1 Å². The Labute approximate surface area is 136 Å². The Kier molecular flexibility index (Phi) is 3.32. The van der Waals surface area contributed by atoms with Crippen molar-refractivity contribution < 1.29 is 4.79 Å². The smallest absolute Gasteiger partial charge is 0.253 e. The Morgan fingerprint density at radius 3 is 2.78 bits per heavy atom. The zero-order valence-electron chi connectivity index (χ0n) is 14.1. The van der Waals surface area contributed by atoms with Gasteiger partial charge in [-0.25, -0.2) is 4.98 Å². The van der Waals surface area contributed by atoms with Crippen LogP contribution in [0.2, 0.25) is 0 Å². The van der Waals surface area contributed by atoms with Crippen molar-refractivity contribution in [3.8, 4) is 0 Å². The number of aryl methyl sites for hydroxylation is 3. The maximum atomic E-state index is 12.7. The molecule has 1 fully saturated rings. The SMILES string of the molecule is Cc1cn2c(n1)CCC(NC(=O)c1cc(C)n(C3CC3)c1C)C2. The van der Waals surface area contributed by atoms with Gasteiger partial charge in [-0.05, 0) is 46.1 Å². The monoisotopic (exact) mass is 312 g/mol. The van der Waals surface area contributed by atoms with Crippen LogP contribution >= 0.6 is 0 Å². The Hall–Kier alpha value is -2.04. The maximum Gasteiger partial charge on any atom is 0.253 e. The number of hydrogen-bond donors (Lipinski definition) is 1. The number of nitrogens with one attached hydrogen (secondary N) is 1. The minimum atomic E-state index is 0.0651. The van der Waals surface area contributed by atoms with Crippen LogP contribution in [0.1, 0.15) is 58.6 Å². The molecule has 1 unspecified atom stereocenters. The van der Waals surface area contributed by atoms with Crippen molar-refractivity contribution in [2.75, 3.05) is 0 Å². The van der Waals surface area contributed by atoms with Crippen LogP contribution in [0.4, 0.5) is 0 Å². The third-order valence-electron chi connectivity index (χ3n) is 5.09. The highest BCUT2D eigenvalue weighted by atomic mass is 16.1. The topological polar surface area (TPSA) is 51.9 Å². The third-order valence-corrected chi connectivity index (χ3v) is 5.09. The lowest BCUT2D eigenvalue weighted by atomic mass is 10.1. The molecule has 0 aromatic carbocycles. The van der Waals surface area contributed by atoms with Crippen molar-refractivity contribution in [1.82, 2.24) is 19.4 Å². The number of hydrogen-bond acceptors (Lipinski definition) is 2. The summed E-state index contributed by atoms with van der Waals surface area (Å²) in [4.78, 5) is 17.2. The quantitative estimate of drug-likeness (QED) is 0.947. The summed E-state index contributed by atoms with van der Waals surface area (Å²) in [5.74, 6) is 1.20. The van der Waals surface area contributed by atoms with Gasteiger partial charge in [0.05, 0.1) is 11.3 Å². The minimum Gasteiger partial charge on any atom is -0.347 e. The predicted octanol–water partition coefficient (Wildman–Crippen LogP) is 2.69. The number of rotatable bonds is 3. The first-order valence-corrected chi connectivity index (χ1v) is 8.55. The average Bonchev–Trinajstić information content (AvgIpc) is 3.18. The largest absolute Gasteiger partial charge is 0.347 e. The molecular weight excluding hydrogens is 288 g/mol. The Balaban J connectivity index is 1.49. The number of fused-ring (bicyclic) bond motifs is 1. The predicted molar refractivity (Wildman–Crippen MR) is 88.7 cm³/mol. The standard InChI is InChI=1S/C18H24N4O/c1-11-9-21-10-14(4-7-17(21)19-11)20-18(23)16-8-12(2)22(13(16)3)15-5-6-15/h8-9,14-15H,4-7,10H2,1-3H3,(H,20,23). The molecule has 2 aromatic rings. The molecule has 5 nitrogen and oxygen atoms in total. The average molecular weight is 312 g/mol. The zero-order chi connectivity index (χ0) is 16.1. The fraction of sp³-hybridized carbons (Fsp3) is 0.556. The van der Waals surface area contributed by atoms with E-state index in [9.17, 15) is 4.79 Å². The lowest BCUT2D eigenvalue weighted by molar-refractivity contribution is 0.0927. The highest BCUT2D eigenvalue weighted by Gasteiger charge is 2.29. The number of imidazole rings is 1. The summed E-state index contributed by atoms with van der Waals surface area (Å²) < 4.78 is 4.50. The van der Waals surface area contributed by atoms with Crippen LogP contribution in [0.25, 0.3) is 0 Å². The van der Waals surface area contributed by atoms with Crippen LogP contribution in [0.15, 0.2) is 12.3 Å². The van der Waals surface area contributed by atoms with E-state index in [0.29, 0.717) is 6.04 Å². The van der Waals surface area contributed by atoms with Crippen molar-refractivity contribution in [2.24, 2.45) is 0 Å². The van der Waals surface area contributed by atoms with E-state index in [1.807, 2.05) is 13.0 Å². The molecule has 3 heterocycles. The zero-order valence-corrected chi connectivity index (χ0v) is 14.1. The summed E-state index contributed by atoms with van der Waals surface area (Å²) in [5, 5.41) is 3.23. The van der Waals surface area contributed by atoms with Crippen molar-refractivity contribution in [2.45, 2.75) is 65.1 Å². The van der Waals surface area contributed by atoms with Gasteiger partial charge in [-0.1, -0.05) is 0 Å². The van der Waals surface area contributed by atoms with Crippen molar-refractivity contribution >= 4 is 5.91 Å². The second-order valence-corrected chi connectivity index (χ2v) is 7.05. The molecule has 0 spiro atoms. The van der Waals surface area contributed by atoms with Gasteiger partial charge in [0.1, 0.15) is 5.82 Å².